The molecule has 1 aromatic carbocycles. The molecule has 1 saturated carbocycles. The van der Waals surface area contributed by atoms with Crippen molar-refractivity contribution in [3.8, 4) is 0 Å². The first-order chi connectivity index (χ1) is 14.5. The highest BCUT2D eigenvalue weighted by atomic mass is 16.5. The standard InChI is InChI=1S/C23H31N3O5/c1-15-7-5-6-12-23(15)20(29)26(21(30)25-23)13-19(28)31-14-18(27)24-17-10-8-16(9-11-17)22(2,3)4/h8-11,15H,5-7,12-14H2,1-4H3,(H,24,27)(H,25,30). The van der Waals surface area contributed by atoms with Crippen LogP contribution in [0.1, 0.15) is 58.9 Å². The topological polar surface area (TPSA) is 105 Å². The van der Waals surface area contributed by atoms with Crippen molar-refractivity contribution in [2.45, 2.75) is 64.3 Å². The lowest BCUT2D eigenvalue weighted by Gasteiger charge is -2.36. The van der Waals surface area contributed by atoms with Crippen molar-refractivity contribution in [1.82, 2.24) is 10.2 Å². The maximum atomic E-state index is 12.9. The van der Waals surface area contributed by atoms with Crippen LogP contribution in [-0.2, 0) is 24.5 Å². The highest BCUT2D eigenvalue weighted by Gasteiger charge is 2.55. The highest BCUT2D eigenvalue weighted by molar-refractivity contribution is 6.09. The van der Waals surface area contributed by atoms with Gasteiger partial charge >= 0.3 is 12.0 Å². The molecular weight excluding hydrogens is 398 g/mol. The van der Waals surface area contributed by atoms with Crippen LogP contribution in [0.5, 0.6) is 0 Å². The Bertz CT molecular complexity index is 874. The van der Waals surface area contributed by atoms with E-state index in [0.717, 1.165) is 29.7 Å². The number of amides is 4. The second-order valence-corrected chi connectivity index (χ2v) is 9.48. The Labute approximate surface area is 182 Å². The number of urea groups is 1. The molecule has 2 N–H and O–H groups in total. The van der Waals surface area contributed by atoms with E-state index in [0.29, 0.717) is 12.1 Å². The second-order valence-electron chi connectivity index (χ2n) is 9.48. The van der Waals surface area contributed by atoms with Crippen LogP contribution in [0.15, 0.2) is 24.3 Å². The summed E-state index contributed by atoms with van der Waals surface area (Å²) in [5, 5.41) is 5.45. The number of hydrogen-bond acceptors (Lipinski definition) is 5. The molecule has 4 amide bonds. The number of imide groups is 1. The zero-order chi connectivity index (χ0) is 22.8. The highest BCUT2D eigenvalue weighted by Crippen LogP contribution is 2.38. The monoisotopic (exact) mass is 429 g/mol. The Kier molecular flexibility index (Phi) is 6.38. The van der Waals surface area contributed by atoms with Crippen molar-refractivity contribution in [1.29, 1.82) is 0 Å². The van der Waals surface area contributed by atoms with Gasteiger partial charge in [-0.25, -0.2) is 4.79 Å². The number of rotatable bonds is 5. The minimum Gasteiger partial charge on any atom is -0.454 e. The molecule has 1 saturated heterocycles. The minimum absolute atomic E-state index is 0.00532. The van der Waals surface area contributed by atoms with E-state index in [1.165, 1.54) is 0 Å². The predicted octanol–water partition coefficient (Wildman–Crippen LogP) is 2.97. The summed E-state index contributed by atoms with van der Waals surface area (Å²) in [6.07, 6.45) is 3.29. The Morgan fingerprint density at radius 3 is 2.48 bits per heavy atom. The zero-order valence-electron chi connectivity index (χ0n) is 18.6. The van der Waals surface area contributed by atoms with Gasteiger partial charge in [-0.15, -0.1) is 0 Å². The van der Waals surface area contributed by atoms with Crippen molar-refractivity contribution in [3.63, 3.8) is 0 Å². The Balaban J connectivity index is 1.50. The van der Waals surface area contributed by atoms with Gasteiger partial charge in [-0.1, -0.05) is 52.7 Å². The Morgan fingerprint density at radius 1 is 1.19 bits per heavy atom. The van der Waals surface area contributed by atoms with Gasteiger partial charge in [0.25, 0.3) is 11.8 Å². The van der Waals surface area contributed by atoms with E-state index in [2.05, 4.69) is 31.4 Å². The number of carbonyl (C=O) groups is 4. The number of hydrogen-bond donors (Lipinski definition) is 2. The van der Waals surface area contributed by atoms with Gasteiger partial charge < -0.3 is 15.4 Å². The van der Waals surface area contributed by atoms with E-state index in [9.17, 15) is 19.2 Å². The van der Waals surface area contributed by atoms with Crippen molar-refractivity contribution < 1.29 is 23.9 Å². The SMILES string of the molecule is CC1CCCCC12NC(=O)N(CC(=O)OCC(=O)Nc1ccc(C(C)(C)C)cc1)C2=O. The van der Waals surface area contributed by atoms with Crippen molar-refractivity contribution in [2.75, 3.05) is 18.5 Å². The molecule has 2 fully saturated rings. The van der Waals surface area contributed by atoms with E-state index in [-0.39, 0.29) is 17.2 Å². The average Bonchev–Trinajstić information content (AvgIpc) is 2.93. The molecular formula is C23H31N3O5. The fourth-order valence-corrected chi connectivity index (χ4v) is 4.21. The molecule has 8 nitrogen and oxygen atoms in total. The normalized spacial score (nSPS) is 23.6. The van der Waals surface area contributed by atoms with Crippen LogP contribution >= 0.6 is 0 Å². The summed E-state index contributed by atoms with van der Waals surface area (Å²) in [5.41, 5.74) is 0.810. The van der Waals surface area contributed by atoms with Crippen molar-refractivity contribution in [3.05, 3.63) is 29.8 Å². The van der Waals surface area contributed by atoms with E-state index >= 15 is 0 Å². The lowest BCUT2D eigenvalue weighted by molar-refractivity contribution is -0.150. The number of benzene rings is 1. The van der Waals surface area contributed by atoms with Crippen LogP contribution in [-0.4, -0.2) is 47.4 Å². The summed E-state index contributed by atoms with van der Waals surface area (Å²) >= 11 is 0. The first-order valence-corrected chi connectivity index (χ1v) is 10.7. The Hall–Kier alpha value is -2.90. The molecule has 8 heteroatoms. The van der Waals surface area contributed by atoms with Gasteiger partial charge in [0.05, 0.1) is 0 Å². The fraction of sp³-hybridized carbons (Fsp3) is 0.565. The van der Waals surface area contributed by atoms with Gasteiger partial charge in [-0.3, -0.25) is 19.3 Å². The van der Waals surface area contributed by atoms with Crippen LogP contribution < -0.4 is 10.6 Å². The maximum absolute atomic E-state index is 12.9. The molecule has 1 heterocycles. The summed E-state index contributed by atoms with van der Waals surface area (Å²) in [4.78, 5) is 50.4. The first kappa shape index (κ1) is 22.8. The molecule has 1 aliphatic carbocycles. The predicted molar refractivity (Wildman–Crippen MR) is 115 cm³/mol. The fourth-order valence-electron chi connectivity index (χ4n) is 4.21. The number of esters is 1. The molecule has 0 bridgehead atoms. The summed E-state index contributed by atoms with van der Waals surface area (Å²) in [5.74, 6) is -1.67. The number of ether oxygens (including phenoxy) is 1. The first-order valence-electron chi connectivity index (χ1n) is 10.7. The zero-order valence-corrected chi connectivity index (χ0v) is 18.6. The molecule has 2 atom stereocenters. The number of nitrogens with zero attached hydrogens (tertiary/aromatic N) is 1. The van der Waals surface area contributed by atoms with Crippen LogP contribution in [0.3, 0.4) is 0 Å². The van der Waals surface area contributed by atoms with Crippen LogP contribution in [0.4, 0.5) is 10.5 Å². The van der Waals surface area contributed by atoms with Crippen molar-refractivity contribution >= 4 is 29.5 Å². The largest absolute Gasteiger partial charge is 0.454 e. The summed E-state index contributed by atoms with van der Waals surface area (Å²) in [6, 6.07) is 6.86. The summed E-state index contributed by atoms with van der Waals surface area (Å²) in [6.45, 7) is 7.24. The van der Waals surface area contributed by atoms with E-state index in [1.807, 2.05) is 19.1 Å². The van der Waals surface area contributed by atoms with Gasteiger partial charge in [-0.05, 0) is 41.9 Å². The molecule has 2 unspecified atom stereocenters. The van der Waals surface area contributed by atoms with Crippen LogP contribution in [0.25, 0.3) is 0 Å². The molecule has 31 heavy (non-hydrogen) atoms. The lowest BCUT2D eigenvalue weighted by atomic mass is 9.73. The quantitative estimate of drug-likeness (QED) is 0.553. The van der Waals surface area contributed by atoms with E-state index < -0.39 is 36.6 Å². The summed E-state index contributed by atoms with van der Waals surface area (Å²) in [7, 11) is 0. The molecule has 0 aromatic heterocycles. The van der Waals surface area contributed by atoms with Gasteiger partial charge in [0, 0.05) is 5.69 Å². The van der Waals surface area contributed by atoms with Gasteiger partial charge in [0.2, 0.25) is 0 Å². The van der Waals surface area contributed by atoms with E-state index in [1.54, 1.807) is 12.1 Å². The third kappa shape index (κ3) is 4.89. The third-order valence-corrected chi connectivity index (χ3v) is 6.19. The molecule has 1 aliphatic heterocycles. The number of nitrogens with one attached hydrogen (secondary N) is 2. The van der Waals surface area contributed by atoms with Gasteiger partial charge in [-0.2, -0.15) is 0 Å². The average molecular weight is 430 g/mol. The molecule has 1 aromatic rings. The van der Waals surface area contributed by atoms with Gasteiger partial charge in [0.1, 0.15) is 12.1 Å². The summed E-state index contributed by atoms with van der Waals surface area (Å²) < 4.78 is 4.99. The number of anilines is 1. The van der Waals surface area contributed by atoms with Crippen LogP contribution in [0.2, 0.25) is 0 Å². The number of carbonyl (C=O) groups excluding carboxylic acids is 4. The molecule has 1 spiro atoms. The molecule has 2 aliphatic rings. The third-order valence-electron chi connectivity index (χ3n) is 6.19. The molecule has 168 valence electrons. The molecule has 3 rings (SSSR count). The Morgan fingerprint density at radius 2 is 1.87 bits per heavy atom. The lowest BCUT2D eigenvalue weighted by Crippen LogP contribution is -2.54. The smallest absolute Gasteiger partial charge is 0.326 e. The maximum Gasteiger partial charge on any atom is 0.326 e. The molecule has 0 radical (unpaired) electrons. The van der Waals surface area contributed by atoms with E-state index in [4.69, 9.17) is 4.74 Å². The van der Waals surface area contributed by atoms with Crippen molar-refractivity contribution in [2.24, 2.45) is 5.92 Å². The van der Waals surface area contributed by atoms with Gasteiger partial charge in [0.15, 0.2) is 6.61 Å². The van der Waals surface area contributed by atoms with Crippen LogP contribution in [0, 0.1) is 5.92 Å². The minimum atomic E-state index is -0.924. The second kappa shape index (κ2) is 8.69.